The van der Waals surface area contributed by atoms with Gasteiger partial charge in [0.25, 0.3) is 5.56 Å². The lowest BCUT2D eigenvalue weighted by Crippen LogP contribution is -2.43. The fourth-order valence-corrected chi connectivity index (χ4v) is 13.0. The third kappa shape index (κ3) is 6.97. The van der Waals surface area contributed by atoms with Crippen LogP contribution < -0.4 is 21.2 Å². The first-order valence-corrected chi connectivity index (χ1v) is 20.2. The molecule has 11 heteroatoms. The third-order valence-electron chi connectivity index (χ3n) is 10.2. The van der Waals surface area contributed by atoms with Crippen LogP contribution in [0.4, 0.5) is 0 Å². The highest BCUT2D eigenvalue weighted by molar-refractivity contribution is 8.59. The molecule has 3 aromatic carbocycles. The van der Waals surface area contributed by atoms with E-state index >= 15 is 0 Å². The largest absolute Gasteiger partial charge is 0.632 e. The van der Waals surface area contributed by atoms with Gasteiger partial charge in [-0.2, -0.15) is 5.09 Å². The molecule has 258 valence electrons. The zero-order valence-corrected chi connectivity index (χ0v) is 29.9. The summed E-state index contributed by atoms with van der Waals surface area (Å²) < 4.78 is 21.2. The van der Waals surface area contributed by atoms with Crippen molar-refractivity contribution in [3.8, 4) is 0 Å². The van der Waals surface area contributed by atoms with Crippen molar-refractivity contribution < 1.29 is 18.9 Å². The second kappa shape index (κ2) is 13.9. The summed E-state index contributed by atoms with van der Waals surface area (Å²) in [6.45, 7) is 6.34. The van der Waals surface area contributed by atoms with Gasteiger partial charge < -0.3 is 14.4 Å². The van der Waals surface area contributed by atoms with Crippen LogP contribution in [-0.4, -0.2) is 39.7 Å². The molecular formula is C38H44N3O6PS. The molecule has 9 nitrogen and oxygen atoms in total. The number of aromatic amines is 1. The number of ether oxygens (including phenoxy) is 2. The number of rotatable bonds is 9. The zero-order valence-electron chi connectivity index (χ0n) is 28.2. The first-order chi connectivity index (χ1) is 23.6. The van der Waals surface area contributed by atoms with E-state index in [1.54, 1.807) is 6.92 Å². The van der Waals surface area contributed by atoms with Crippen LogP contribution in [0.1, 0.15) is 78.1 Å². The Balaban J connectivity index is 1.26. The summed E-state index contributed by atoms with van der Waals surface area (Å²) in [6.07, 6.45) is 5.90. The van der Waals surface area contributed by atoms with Gasteiger partial charge in [-0.3, -0.25) is 14.3 Å². The van der Waals surface area contributed by atoms with Crippen molar-refractivity contribution in [2.24, 2.45) is 0 Å². The van der Waals surface area contributed by atoms with Crippen LogP contribution in [0.2, 0.25) is 0 Å². The molecule has 2 N–H and O–H groups in total. The smallest absolute Gasteiger partial charge is 0.330 e. The van der Waals surface area contributed by atoms with E-state index in [-0.39, 0.29) is 11.4 Å². The van der Waals surface area contributed by atoms with Gasteiger partial charge >= 0.3 is 5.69 Å². The molecule has 7 rings (SSSR count). The second-order valence-electron chi connectivity index (χ2n) is 13.8. The minimum Gasteiger partial charge on any atom is -0.632 e. The quantitative estimate of drug-likeness (QED) is 0.156. The highest BCUT2D eigenvalue weighted by Gasteiger charge is 2.56. The number of hydrogen-bond donors (Lipinski definition) is 2. The number of nitrogens with zero attached hydrogens (tertiary/aromatic N) is 1. The summed E-state index contributed by atoms with van der Waals surface area (Å²) in [4.78, 5) is 42.0. The molecule has 0 amide bonds. The molecular weight excluding hydrogens is 657 g/mol. The van der Waals surface area contributed by atoms with E-state index in [9.17, 15) is 14.5 Å². The van der Waals surface area contributed by atoms with Crippen LogP contribution in [0.3, 0.4) is 0 Å². The van der Waals surface area contributed by atoms with Crippen LogP contribution in [0.25, 0.3) is 0 Å². The number of benzene rings is 3. The van der Waals surface area contributed by atoms with Crippen LogP contribution >= 0.6 is 18.5 Å². The summed E-state index contributed by atoms with van der Waals surface area (Å²) in [5.74, 6) is 0. The highest BCUT2D eigenvalue weighted by atomic mass is 32.7. The minimum atomic E-state index is -3.30. The summed E-state index contributed by atoms with van der Waals surface area (Å²) in [5.41, 5.74) is 3.55. The average molecular weight is 702 g/mol. The van der Waals surface area contributed by atoms with Crippen molar-refractivity contribution in [2.75, 3.05) is 13.2 Å². The molecule has 4 atom stereocenters. The Hall–Kier alpha value is -3.08. The predicted octanol–water partition coefficient (Wildman–Crippen LogP) is 6.22. The minimum absolute atomic E-state index is 0.109. The molecule has 3 aliphatic rings. The standard InChI is InChI=1S/C38H44N3O6PS/c1-26-12-16-30(17-13-26)38(29-10-6-4-7-11-29,31-18-14-27(2)15-19-31)45-24-33-32(22-34(47-33)41-23-28(3)35(42)39-36(41)43)40-48(44)46-25-37(49-48)20-8-5-9-21-37/h4,6-7,10-19,23,32-34H,5,8-9,20-22,24-25H2,1-3H3,(H,40,44)(H,39,42,43)/t32-,33+,34+,48?/m0/s1. The van der Waals surface area contributed by atoms with Crippen molar-refractivity contribution in [1.29, 1.82) is 0 Å². The summed E-state index contributed by atoms with van der Waals surface area (Å²) in [7, 11) is -3.30. The molecule has 1 spiro atoms. The molecule has 49 heavy (non-hydrogen) atoms. The molecule has 1 saturated carbocycles. The van der Waals surface area contributed by atoms with Crippen molar-refractivity contribution >= 4 is 18.5 Å². The van der Waals surface area contributed by atoms with Gasteiger partial charge in [0.2, 0.25) is 7.07 Å². The van der Waals surface area contributed by atoms with Gasteiger partial charge in [-0.05, 0) is 50.3 Å². The molecule has 3 heterocycles. The molecule has 2 saturated heterocycles. The summed E-state index contributed by atoms with van der Waals surface area (Å²) in [5, 5.41) is 3.40. The number of nitrogens with one attached hydrogen (secondary N) is 2. The van der Waals surface area contributed by atoms with E-state index in [2.05, 4.69) is 84.6 Å². The SMILES string of the molecule is Cc1ccc(C(OC[C@H]2O[C@@H](n3cc(C)c(=O)[nH]c3=O)C[C@@H]2N[P+]2([O-])OCC3(CCCCC3)S2)(c2ccccc2)c2ccc(C)cc2)cc1. The summed E-state index contributed by atoms with van der Waals surface area (Å²) in [6, 6.07) is 26.4. The molecule has 1 unspecified atom stereocenters. The fourth-order valence-electron chi connectivity index (χ4n) is 7.41. The molecule has 0 bridgehead atoms. The van der Waals surface area contributed by atoms with Crippen LogP contribution in [0.5, 0.6) is 0 Å². The van der Waals surface area contributed by atoms with Gasteiger partial charge in [-0.25, -0.2) is 9.32 Å². The van der Waals surface area contributed by atoms with E-state index < -0.39 is 42.3 Å². The topological polar surface area (TPSA) is 118 Å². The number of aromatic nitrogens is 2. The Labute approximate surface area is 291 Å². The van der Waals surface area contributed by atoms with Crippen molar-refractivity contribution in [2.45, 2.75) is 88.0 Å². The Morgan fingerprint density at radius 1 is 0.939 bits per heavy atom. The third-order valence-corrected chi connectivity index (χ3v) is 14.9. The zero-order chi connectivity index (χ0) is 34.2. The Morgan fingerprint density at radius 2 is 1.55 bits per heavy atom. The van der Waals surface area contributed by atoms with Crippen LogP contribution in [0.15, 0.2) is 94.6 Å². The number of aryl methyl sites for hydroxylation is 3. The van der Waals surface area contributed by atoms with E-state index in [4.69, 9.17) is 14.0 Å². The van der Waals surface area contributed by atoms with Gasteiger partial charge in [0.05, 0.1) is 28.8 Å². The second-order valence-corrected chi connectivity index (χ2v) is 18.3. The average Bonchev–Trinajstić information content (AvgIpc) is 3.64. The van der Waals surface area contributed by atoms with Gasteiger partial charge in [-0.1, -0.05) is 109 Å². The molecule has 2 aliphatic heterocycles. The Morgan fingerprint density at radius 3 is 2.18 bits per heavy atom. The highest BCUT2D eigenvalue weighted by Crippen LogP contribution is 2.73. The molecule has 1 aromatic heterocycles. The van der Waals surface area contributed by atoms with Gasteiger partial charge in [0.1, 0.15) is 24.5 Å². The Kier molecular flexibility index (Phi) is 9.76. The van der Waals surface area contributed by atoms with Gasteiger partial charge in [0.15, 0.2) is 0 Å². The van der Waals surface area contributed by atoms with Crippen LogP contribution in [-0.2, 0) is 19.6 Å². The van der Waals surface area contributed by atoms with Crippen molar-refractivity contribution in [1.82, 2.24) is 14.6 Å². The lowest BCUT2D eigenvalue weighted by atomic mass is 9.79. The Bertz CT molecular complexity index is 1830. The molecule has 4 aromatic rings. The maximum atomic E-state index is 14.3. The van der Waals surface area contributed by atoms with Crippen molar-refractivity contribution in [3.63, 3.8) is 0 Å². The number of H-pyrrole nitrogens is 1. The molecule has 0 radical (unpaired) electrons. The van der Waals surface area contributed by atoms with E-state index in [1.807, 2.05) is 18.2 Å². The lowest BCUT2D eigenvalue weighted by molar-refractivity contribution is -0.188. The summed E-state index contributed by atoms with van der Waals surface area (Å²) >= 11 is 1.46. The number of hydrogen-bond acceptors (Lipinski definition) is 8. The lowest BCUT2D eigenvalue weighted by Gasteiger charge is -2.37. The maximum absolute atomic E-state index is 14.3. The first-order valence-electron chi connectivity index (χ1n) is 17.1. The monoisotopic (exact) mass is 701 g/mol. The predicted molar refractivity (Wildman–Crippen MR) is 192 cm³/mol. The van der Waals surface area contributed by atoms with E-state index in [0.717, 1.165) is 53.5 Å². The maximum Gasteiger partial charge on any atom is 0.330 e. The molecule has 1 aliphatic carbocycles. The molecule has 3 fully saturated rings. The normalized spacial score (nSPS) is 25.2. The van der Waals surface area contributed by atoms with Gasteiger partial charge in [0, 0.05) is 18.2 Å². The van der Waals surface area contributed by atoms with Crippen LogP contribution in [0, 0.1) is 20.8 Å². The fraction of sp³-hybridized carbons (Fsp3) is 0.421. The van der Waals surface area contributed by atoms with Gasteiger partial charge in [-0.15, -0.1) is 0 Å². The van der Waals surface area contributed by atoms with Crippen molar-refractivity contribution in [3.05, 3.63) is 139 Å². The van der Waals surface area contributed by atoms with E-state index in [0.29, 0.717) is 18.6 Å². The van der Waals surface area contributed by atoms with E-state index in [1.165, 1.54) is 28.6 Å². The first kappa shape index (κ1) is 34.4.